The molecule has 1 aromatic rings. The third-order valence-electron chi connectivity index (χ3n) is 3.83. The van der Waals surface area contributed by atoms with Crippen molar-refractivity contribution in [1.82, 2.24) is 10.2 Å². The van der Waals surface area contributed by atoms with E-state index in [0.29, 0.717) is 6.54 Å². The molecule has 4 nitrogen and oxygen atoms in total. The van der Waals surface area contributed by atoms with E-state index in [2.05, 4.69) is 17.2 Å². The fourth-order valence-corrected chi connectivity index (χ4v) is 2.39. The molecule has 0 bridgehead atoms. The Hall–Kier alpha value is -1.78. The van der Waals surface area contributed by atoms with E-state index in [1.54, 1.807) is 6.07 Å². The molecule has 0 aliphatic heterocycles. The number of hydrogen-bond acceptors (Lipinski definition) is 2. The monoisotopic (exact) mass is 307 g/mol. The minimum atomic E-state index is -0.330. The zero-order valence-electron chi connectivity index (χ0n) is 13.7. The Kier molecular flexibility index (Phi) is 6.04. The van der Waals surface area contributed by atoms with Crippen LogP contribution in [0, 0.1) is 11.7 Å². The molecule has 1 aliphatic carbocycles. The lowest BCUT2D eigenvalue weighted by Gasteiger charge is -2.22. The van der Waals surface area contributed by atoms with Gasteiger partial charge in [0.05, 0.1) is 7.11 Å². The number of ether oxygens (including phenoxy) is 1. The van der Waals surface area contributed by atoms with Crippen molar-refractivity contribution in [3.05, 3.63) is 29.6 Å². The van der Waals surface area contributed by atoms with E-state index < -0.39 is 0 Å². The molecule has 0 amide bonds. The second-order valence-corrected chi connectivity index (χ2v) is 5.79. The summed E-state index contributed by atoms with van der Waals surface area (Å²) < 4.78 is 18.7. The normalized spacial score (nSPS) is 14.8. The summed E-state index contributed by atoms with van der Waals surface area (Å²) in [6.45, 7) is 4.34. The van der Waals surface area contributed by atoms with Crippen molar-refractivity contribution in [2.24, 2.45) is 10.9 Å². The smallest absolute Gasteiger partial charge is 0.193 e. The van der Waals surface area contributed by atoms with E-state index >= 15 is 0 Å². The third-order valence-corrected chi connectivity index (χ3v) is 3.83. The Labute approximate surface area is 132 Å². The molecule has 0 atom stereocenters. The van der Waals surface area contributed by atoms with Crippen LogP contribution in [-0.4, -0.2) is 38.1 Å². The number of guanidine groups is 1. The largest absolute Gasteiger partial charge is 0.494 e. The number of aliphatic imine (C=N–C) groups is 1. The fourth-order valence-electron chi connectivity index (χ4n) is 2.39. The van der Waals surface area contributed by atoms with E-state index in [-0.39, 0.29) is 11.6 Å². The third kappa shape index (κ3) is 4.90. The first-order chi connectivity index (χ1) is 10.6. The summed E-state index contributed by atoms with van der Waals surface area (Å²) in [7, 11) is 3.45. The standard InChI is InChI=1S/C17H26FN3O/c1-4-19-17(20-10-9-13-5-6-13)21(2)12-14-7-8-16(22-3)15(18)11-14/h7-8,11,13H,4-6,9-10,12H2,1-3H3,(H,19,20). The van der Waals surface area contributed by atoms with Gasteiger partial charge in [-0.2, -0.15) is 0 Å². The van der Waals surface area contributed by atoms with Gasteiger partial charge in [-0.05, 0) is 37.0 Å². The Morgan fingerprint density at radius 1 is 1.45 bits per heavy atom. The van der Waals surface area contributed by atoms with E-state index in [9.17, 15) is 4.39 Å². The summed E-state index contributed by atoms with van der Waals surface area (Å²) in [5.41, 5.74) is 0.897. The van der Waals surface area contributed by atoms with Crippen LogP contribution >= 0.6 is 0 Å². The van der Waals surface area contributed by atoms with Crippen molar-refractivity contribution in [2.45, 2.75) is 32.7 Å². The van der Waals surface area contributed by atoms with Crippen LogP contribution in [0.15, 0.2) is 23.2 Å². The van der Waals surface area contributed by atoms with Gasteiger partial charge in [0.2, 0.25) is 0 Å². The first kappa shape index (κ1) is 16.6. The van der Waals surface area contributed by atoms with Gasteiger partial charge in [-0.25, -0.2) is 4.39 Å². The molecule has 122 valence electrons. The summed E-state index contributed by atoms with van der Waals surface area (Å²) in [4.78, 5) is 6.68. The molecule has 0 radical (unpaired) electrons. The predicted molar refractivity (Wildman–Crippen MR) is 87.7 cm³/mol. The number of benzene rings is 1. The Bertz CT molecular complexity index is 515. The summed E-state index contributed by atoms with van der Waals surface area (Å²) in [6.07, 6.45) is 3.87. The van der Waals surface area contributed by atoms with E-state index in [4.69, 9.17) is 4.74 Å². The molecule has 22 heavy (non-hydrogen) atoms. The summed E-state index contributed by atoms with van der Waals surface area (Å²) >= 11 is 0. The second kappa shape index (κ2) is 8.01. The molecule has 5 heteroatoms. The van der Waals surface area contributed by atoms with Gasteiger partial charge in [0.1, 0.15) is 0 Å². The molecule has 1 fully saturated rings. The predicted octanol–water partition coefficient (Wildman–Crippen LogP) is 3.03. The average Bonchev–Trinajstić information content (AvgIpc) is 3.31. The minimum absolute atomic E-state index is 0.274. The molecule has 0 heterocycles. The maximum atomic E-state index is 13.8. The molecule has 0 saturated heterocycles. The highest BCUT2D eigenvalue weighted by atomic mass is 19.1. The van der Waals surface area contributed by atoms with Crippen molar-refractivity contribution in [3.63, 3.8) is 0 Å². The second-order valence-electron chi connectivity index (χ2n) is 5.79. The number of halogens is 1. The maximum Gasteiger partial charge on any atom is 0.193 e. The van der Waals surface area contributed by atoms with Crippen LogP contribution in [0.4, 0.5) is 4.39 Å². The highest BCUT2D eigenvalue weighted by Gasteiger charge is 2.20. The van der Waals surface area contributed by atoms with Crippen LogP contribution in [0.1, 0.15) is 31.7 Å². The van der Waals surface area contributed by atoms with Gasteiger partial charge in [-0.1, -0.05) is 18.9 Å². The summed E-state index contributed by atoms with van der Waals surface area (Å²) in [5.74, 6) is 1.70. The van der Waals surface area contributed by atoms with E-state index in [0.717, 1.165) is 30.5 Å². The molecule has 0 unspecified atom stereocenters. The number of rotatable bonds is 7. The van der Waals surface area contributed by atoms with E-state index in [1.165, 1.54) is 32.4 Å². The van der Waals surface area contributed by atoms with Gasteiger partial charge in [0.25, 0.3) is 0 Å². The molecule has 1 aliphatic rings. The summed E-state index contributed by atoms with van der Waals surface area (Å²) in [6, 6.07) is 5.06. The summed E-state index contributed by atoms with van der Waals surface area (Å²) in [5, 5.41) is 3.29. The van der Waals surface area contributed by atoms with Crippen molar-refractivity contribution in [2.75, 3.05) is 27.2 Å². The van der Waals surface area contributed by atoms with Gasteiger partial charge in [0, 0.05) is 26.7 Å². The SMILES string of the molecule is CCNC(=NCCC1CC1)N(C)Cc1ccc(OC)c(F)c1. The van der Waals surface area contributed by atoms with Gasteiger partial charge >= 0.3 is 0 Å². The van der Waals surface area contributed by atoms with Crippen LogP contribution < -0.4 is 10.1 Å². The zero-order chi connectivity index (χ0) is 15.9. The number of nitrogens with zero attached hydrogens (tertiary/aromatic N) is 2. The van der Waals surface area contributed by atoms with Crippen molar-refractivity contribution in [3.8, 4) is 5.75 Å². The zero-order valence-corrected chi connectivity index (χ0v) is 13.7. The molecule has 1 saturated carbocycles. The van der Waals surface area contributed by atoms with Gasteiger partial charge in [0.15, 0.2) is 17.5 Å². The lowest BCUT2D eigenvalue weighted by Crippen LogP contribution is -2.38. The quantitative estimate of drug-likeness (QED) is 0.621. The lowest BCUT2D eigenvalue weighted by atomic mass is 10.2. The van der Waals surface area contributed by atoms with Gasteiger partial charge in [-0.3, -0.25) is 4.99 Å². The van der Waals surface area contributed by atoms with Crippen LogP contribution in [-0.2, 0) is 6.54 Å². The molecule has 0 spiro atoms. The fraction of sp³-hybridized carbons (Fsp3) is 0.588. The number of methoxy groups -OCH3 is 1. The highest BCUT2D eigenvalue weighted by Crippen LogP contribution is 2.32. The molecular formula is C17H26FN3O. The van der Waals surface area contributed by atoms with Crippen LogP contribution in [0.3, 0.4) is 0 Å². The van der Waals surface area contributed by atoms with Gasteiger partial charge < -0.3 is 15.0 Å². The molecule has 1 N–H and O–H groups in total. The first-order valence-corrected chi connectivity index (χ1v) is 7.96. The average molecular weight is 307 g/mol. The van der Waals surface area contributed by atoms with Crippen molar-refractivity contribution < 1.29 is 9.13 Å². The van der Waals surface area contributed by atoms with Crippen LogP contribution in [0.25, 0.3) is 0 Å². The van der Waals surface area contributed by atoms with E-state index in [1.807, 2.05) is 18.0 Å². The molecule has 1 aromatic carbocycles. The molecular weight excluding hydrogens is 281 g/mol. The highest BCUT2D eigenvalue weighted by molar-refractivity contribution is 5.79. The minimum Gasteiger partial charge on any atom is -0.494 e. The number of nitrogens with one attached hydrogen (secondary N) is 1. The van der Waals surface area contributed by atoms with Crippen molar-refractivity contribution in [1.29, 1.82) is 0 Å². The van der Waals surface area contributed by atoms with Crippen LogP contribution in [0.2, 0.25) is 0 Å². The lowest BCUT2D eigenvalue weighted by molar-refractivity contribution is 0.385. The Morgan fingerprint density at radius 3 is 2.82 bits per heavy atom. The van der Waals surface area contributed by atoms with Crippen LogP contribution in [0.5, 0.6) is 5.75 Å². The molecule has 2 rings (SSSR count). The van der Waals surface area contributed by atoms with Gasteiger partial charge in [-0.15, -0.1) is 0 Å². The topological polar surface area (TPSA) is 36.9 Å². The number of hydrogen-bond donors (Lipinski definition) is 1. The maximum absolute atomic E-state index is 13.8. The Morgan fingerprint density at radius 2 is 2.23 bits per heavy atom. The first-order valence-electron chi connectivity index (χ1n) is 7.96. The Balaban J connectivity index is 1.96. The molecule has 0 aromatic heterocycles. The van der Waals surface area contributed by atoms with Crippen molar-refractivity contribution >= 4 is 5.96 Å².